The van der Waals surface area contributed by atoms with Crippen LogP contribution in [0, 0.1) is 0 Å². The number of esters is 1. The highest BCUT2D eigenvalue weighted by Crippen LogP contribution is 2.08. The summed E-state index contributed by atoms with van der Waals surface area (Å²) in [6, 6.07) is 14.7. The molecule has 0 radical (unpaired) electrons. The minimum absolute atomic E-state index is 0.122. The maximum absolute atomic E-state index is 13.1. The first-order chi connectivity index (χ1) is 15.3. The van der Waals surface area contributed by atoms with Crippen LogP contribution in [0.4, 0.5) is 0 Å². The van der Waals surface area contributed by atoms with Crippen molar-refractivity contribution in [2.24, 2.45) is 5.73 Å². The topological polar surface area (TPSA) is 148 Å². The van der Waals surface area contributed by atoms with Gasteiger partial charge in [-0.2, -0.15) is 0 Å². The molecule has 0 heterocycles. The van der Waals surface area contributed by atoms with E-state index in [9.17, 15) is 19.2 Å². The van der Waals surface area contributed by atoms with Gasteiger partial charge in [0, 0.05) is 12.8 Å². The second-order valence-corrected chi connectivity index (χ2v) is 7.23. The molecule has 9 nitrogen and oxygen atoms in total. The fourth-order valence-corrected chi connectivity index (χ4v) is 3.08. The Balaban J connectivity index is 2.19. The van der Waals surface area contributed by atoms with Crippen LogP contribution in [0.25, 0.3) is 0 Å². The zero-order valence-electron chi connectivity index (χ0n) is 17.7. The van der Waals surface area contributed by atoms with Gasteiger partial charge in [0.25, 0.3) is 0 Å². The Kier molecular flexibility index (Phi) is 9.37. The Bertz CT molecular complexity index is 920. The third kappa shape index (κ3) is 7.84. The highest BCUT2D eigenvalue weighted by atomic mass is 16.5. The summed E-state index contributed by atoms with van der Waals surface area (Å²) in [5.41, 5.74) is 7.21. The van der Waals surface area contributed by atoms with Gasteiger partial charge in [0.1, 0.15) is 12.1 Å². The Morgan fingerprint density at radius 2 is 1.31 bits per heavy atom. The molecule has 9 heteroatoms. The van der Waals surface area contributed by atoms with Gasteiger partial charge >= 0.3 is 11.9 Å². The Hall–Kier alpha value is -3.72. The predicted molar refractivity (Wildman–Crippen MR) is 116 cm³/mol. The summed E-state index contributed by atoms with van der Waals surface area (Å²) >= 11 is 0. The summed E-state index contributed by atoms with van der Waals surface area (Å²) in [4.78, 5) is 48.6. The van der Waals surface area contributed by atoms with Gasteiger partial charge in [0.2, 0.25) is 11.8 Å². The zero-order chi connectivity index (χ0) is 23.5. The van der Waals surface area contributed by atoms with Gasteiger partial charge in [-0.3, -0.25) is 14.4 Å². The van der Waals surface area contributed by atoms with Crippen LogP contribution in [0.2, 0.25) is 0 Å². The van der Waals surface area contributed by atoms with Gasteiger partial charge in [-0.05, 0) is 11.1 Å². The van der Waals surface area contributed by atoms with Crippen molar-refractivity contribution in [1.82, 2.24) is 10.6 Å². The molecule has 0 unspecified atom stereocenters. The van der Waals surface area contributed by atoms with Crippen molar-refractivity contribution < 1.29 is 29.0 Å². The summed E-state index contributed by atoms with van der Waals surface area (Å²) < 4.78 is 4.82. The van der Waals surface area contributed by atoms with E-state index in [-0.39, 0.29) is 12.8 Å². The highest BCUT2D eigenvalue weighted by molar-refractivity contribution is 5.93. The van der Waals surface area contributed by atoms with Crippen molar-refractivity contribution in [3.63, 3.8) is 0 Å². The number of carboxylic acid groups (broad SMARTS) is 1. The lowest BCUT2D eigenvalue weighted by Gasteiger charge is -2.23. The maximum Gasteiger partial charge on any atom is 0.328 e. The summed E-state index contributed by atoms with van der Waals surface area (Å²) in [7, 11) is 1.22. The molecule has 2 aromatic carbocycles. The molecular weight excluding hydrogens is 414 g/mol. The molecule has 170 valence electrons. The molecule has 0 aliphatic carbocycles. The van der Waals surface area contributed by atoms with Crippen LogP contribution in [0.5, 0.6) is 0 Å². The van der Waals surface area contributed by atoms with Gasteiger partial charge in [0.15, 0.2) is 0 Å². The van der Waals surface area contributed by atoms with E-state index in [1.54, 1.807) is 24.3 Å². The number of benzene rings is 2. The molecule has 0 aliphatic rings. The molecule has 0 saturated carbocycles. The first-order valence-corrected chi connectivity index (χ1v) is 10.0. The van der Waals surface area contributed by atoms with E-state index in [0.717, 1.165) is 11.1 Å². The standard InChI is InChI=1S/C23H27N3O6/c1-32-23(31)19(13-16-10-6-3-7-11-16)26-22(30)18(12-15-8-4-2-5-9-15)25-21(29)17(24)14-20(27)28/h2-11,17-19H,12-14,24H2,1H3,(H,25,29)(H,26,30)(H,27,28)/t17-,18-,19-/m0/s1. The Morgan fingerprint density at radius 1 is 0.844 bits per heavy atom. The number of amides is 2. The number of hydrogen-bond acceptors (Lipinski definition) is 6. The molecule has 2 rings (SSSR count). The van der Waals surface area contributed by atoms with Crippen molar-refractivity contribution in [2.45, 2.75) is 37.4 Å². The van der Waals surface area contributed by atoms with Crippen molar-refractivity contribution in [3.05, 3.63) is 71.8 Å². The van der Waals surface area contributed by atoms with Gasteiger partial charge in [-0.1, -0.05) is 60.7 Å². The molecule has 0 saturated heterocycles. The number of rotatable bonds is 11. The maximum atomic E-state index is 13.1. The lowest BCUT2D eigenvalue weighted by Crippen LogP contribution is -2.56. The number of hydrogen-bond donors (Lipinski definition) is 4. The van der Waals surface area contributed by atoms with E-state index in [4.69, 9.17) is 15.6 Å². The zero-order valence-corrected chi connectivity index (χ0v) is 17.7. The molecule has 3 atom stereocenters. The highest BCUT2D eigenvalue weighted by Gasteiger charge is 2.29. The van der Waals surface area contributed by atoms with E-state index < -0.39 is 48.3 Å². The molecule has 2 aromatic rings. The van der Waals surface area contributed by atoms with Crippen molar-refractivity contribution >= 4 is 23.8 Å². The number of aliphatic carboxylic acids is 1. The minimum atomic E-state index is -1.32. The normalized spacial score (nSPS) is 13.3. The van der Waals surface area contributed by atoms with E-state index >= 15 is 0 Å². The van der Waals surface area contributed by atoms with Crippen molar-refractivity contribution in [3.8, 4) is 0 Å². The number of carbonyl (C=O) groups excluding carboxylic acids is 3. The summed E-state index contributed by atoms with van der Waals surface area (Å²) in [5.74, 6) is -3.25. The van der Waals surface area contributed by atoms with Gasteiger partial charge < -0.3 is 26.2 Å². The monoisotopic (exact) mass is 441 g/mol. The average Bonchev–Trinajstić information content (AvgIpc) is 2.78. The first kappa shape index (κ1) is 24.5. The lowest BCUT2D eigenvalue weighted by atomic mass is 10.0. The number of ether oxygens (including phenoxy) is 1. The number of nitrogens with two attached hydrogens (primary N) is 1. The predicted octanol–water partition coefficient (Wildman–Crippen LogP) is 0.416. The van der Waals surface area contributed by atoms with Crippen LogP contribution in [0.15, 0.2) is 60.7 Å². The van der Waals surface area contributed by atoms with Gasteiger partial charge in [-0.25, -0.2) is 4.79 Å². The summed E-state index contributed by atoms with van der Waals surface area (Å²) in [6.45, 7) is 0. The van der Waals surface area contributed by atoms with Crippen LogP contribution in [-0.4, -0.2) is 54.1 Å². The molecule has 0 spiro atoms. The van der Waals surface area contributed by atoms with Crippen LogP contribution < -0.4 is 16.4 Å². The molecule has 0 bridgehead atoms. The number of nitrogens with one attached hydrogen (secondary N) is 2. The second-order valence-electron chi connectivity index (χ2n) is 7.23. The quantitative estimate of drug-likeness (QED) is 0.369. The third-order valence-corrected chi connectivity index (χ3v) is 4.73. The Morgan fingerprint density at radius 3 is 1.78 bits per heavy atom. The fraction of sp³-hybridized carbons (Fsp3) is 0.304. The number of carboxylic acids is 1. The van der Waals surface area contributed by atoms with E-state index in [1.807, 2.05) is 36.4 Å². The number of methoxy groups -OCH3 is 1. The Labute approximate surface area is 185 Å². The molecule has 0 aromatic heterocycles. The van der Waals surface area contributed by atoms with Crippen molar-refractivity contribution in [1.29, 1.82) is 0 Å². The second kappa shape index (κ2) is 12.2. The van der Waals surface area contributed by atoms with Crippen molar-refractivity contribution in [2.75, 3.05) is 7.11 Å². The van der Waals surface area contributed by atoms with Crippen LogP contribution >= 0.6 is 0 Å². The van der Waals surface area contributed by atoms with E-state index in [2.05, 4.69) is 10.6 Å². The molecule has 0 aliphatic heterocycles. The van der Waals surface area contributed by atoms with E-state index in [1.165, 1.54) is 7.11 Å². The third-order valence-electron chi connectivity index (χ3n) is 4.73. The molecule has 32 heavy (non-hydrogen) atoms. The fourth-order valence-electron chi connectivity index (χ4n) is 3.08. The lowest BCUT2D eigenvalue weighted by molar-refractivity contribution is -0.145. The largest absolute Gasteiger partial charge is 0.481 e. The summed E-state index contributed by atoms with van der Waals surface area (Å²) in [5, 5.41) is 14.0. The summed E-state index contributed by atoms with van der Waals surface area (Å²) in [6.07, 6.45) is -0.258. The minimum Gasteiger partial charge on any atom is -0.481 e. The SMILES string of the molecule is COC(=O)[C@H](Cc1ccccc1)NC(=O)[C@H](Cc1ccccc1)NC(=O)[C@@H](N)CC(=O)O. The van der Waals surface area contributed by atoms with Gasteiger partial charge in [0.05, 0.1) is 19.6 Å². The average molecular weight is 441 g/mol. The first-order valence-electron chi connectivity index (χ1n) is 10.0. The van der Waals surface area contributed by atoms with Crippen LogP contribution in [0.3, 0.4) is 0 Å². The molecular formula is C23H27N3O6. The molecule has 0 fully saturated rings. The molecule has 2 amide bonds. The van der Waals surface area contributed by atoms with Crippen LogP contribution in [-0.2, 0) is 36.8 Å². The molecule has 5 N–H and O–H groups in total. The van der Waals surface area contributed by atoms with Crippen LogP contribution in [0.1, 0.15) is 17.5 Å². The smallest absolute Gasteiger partial charge is 0.328 e. The number of carbonyl (C=O) groups is 4. The van der Waals surface area contributed by atoms with E-state index in [0.29, 0.717) is 0 Å². The van der Waals surface area contributed by atoms with Gasteiger partial charge in [-0.15, -0.1) is 0 Å².